The highest BCUT2D eigenvalue weighted by Gasteiger charge is 2.30. The molecule has 0 amide bonds. The fraction of sp³-hybridized carbons (Fsp3) is 0.167. The van der Waals surface area contributed by atoms with E-state index in [1.165, 1.54) is 18.3 Å². The van der Waals surface area contributed by atoms with E-state index in [2.05, 4.69) is 19.9 Å². The van der Waals surface area contributed by atoms with Crippen LogP contribution in [0.2, 0.25) is 0 Å². The maximum absolute atomic E-state index is 12.0. The van der Waals surface area contributed by atoms with Crippen molar-refractivity contribution in [2.75, 3.05) is 0 Å². The lowest BCUT2D eigenvalue weighted by Crippen LogP contribution is -2.16. The summed E-state index contributed by atoms with van der Waals surface area (Å²) in [7, 11) is 0. The number of H-pyrrole nitrogens is 2. The predicted molar refractivity (Wildman–Crippen MR) is 66.5 cm³/mol. The molecular formula is C12H10F3N3O2. The normalized spacial score (nSPS) is 12.0. The van der Waals surface area contributed by atoms with Crippen LogP contribution >= 0.6 is 0 Å². The molecule has 2 rings (SSSR count). The zero-order valence-electron chi connectivity index (χ0n) is 10.3. The van der Waals surface area contributed by atoms with Crippen molar-refractivity contribution in [3.05, 3.63) is 45.9 Å². The topological polar surface area (TPSA) is 70.2 Å². The molecule has 2 aromatic rings. The fourth-order valence-electron chi connectivity index (χ4n) is 1.48. The molecule has 0 bridgehead atoms. The summed E-state index contributed by atoms with van der Waals surface area (Å²) in [6.07, 6.45) is -3.38. The van der Waals surface area contributed by atoms with E-state index in [-0.39, 0.29) is 11.3 Å². The molecule has 0 fully saturated rings. The first-order chi connectivity index (χ1) is 9.35. The van der Waals surface area contributed by atoms with Crippen LogP contribution in [-0.2, 0) is 0 Å². The van der Waals surface area contributed by atoms with Crippen LogP contribution in [0.1, 0.15) is 11.3 Å². The lowest BCUT2D eigenvalue weighted by atomic mass is 10.2. The van der Waals surface area contributed by atoms with E-state index in [1.807, 2.05) is 0 Å². The SMILES string of the molecule is Cc1[nH][nH]c(=O)c1C=Nc1ccc(OC(F)(F)F)cc1. The third-order valence-electron chi connectivity index (χ3n) is 2.43. The van der Waals surface area contributed by atoms with Gasteiger partial charge in [-0.1, -0.05) is 0 Å². The van der Waals surface area contributed by atoms with E-state index in [0.29, 0.717) is 16.9 Å². The molecule has 0 spiro atoms. The van der Waals surface area contributed by atoms with Crippen LogP contribution < -0.4 is 10.3 Å². The van der Waals surface area contributed by atoms with E-state index in [4.69, 9.17) is 0 Å². The molecule has 2 N–H and O–H groups in total. The number of rotatable bonds is 3. The van der Waals surface area contributed by atoms with E-state index >= 15 is 0 Å². The molecule has 1 aromatic heterocycles. The van der Waals surface area contributed by atoms with Gasteiger partial charge in [0.25, 0.3) is 5.56 Å². The van der Waals surface area contributed by atoms with Crippen LogP contribution in [0.15, 0.2) is 34.1 Å². The molecule has 0 atom stereocenters. The third-order valence-corrected chi connectivity index (χ3v) is 2.43. The second-order valence-corrected chi connectivity index (χ2v) is 3.92. The summed E-state index contributed by atoms with van der Waals surface area (Å²) >= 11 is 0. The highest BCUT2D eigenvalue weighted by atomic mass is 19.4. The Morgan fingerprint density at radius 1 is 1.20 bits per heavy atom. The Morgan fingerprint density at radius 2 is 1.85 bits per heavy atom. The van der Waals surface area contributed by atoms with Gasteiger partial charge in [0.2, 0.25) is 0 Å². The first-order valence-corrected chi connectivity index (χ1v) is 5.52. The van der Waals surface area contributed by atoms with Crippen molar-refractivity contribution in [1.29, 1.82) is 0 Å². The van der Waals surface area contributed by atoms with E-state index in [1.54, 1.807) is 6.92 Å². The Morgan fingerprint density at radius 3 is 2.35 bits per heavy atom. The molecule has 5 nitrogen and oxygen atoms in total. The molecule has 0 saturated heterocycles. The summed E-state index contributed by atoms with van der Waals surface area (Å²) in [6, 6.07) is 5.00. The van der Waals surface area contributed by atoms with E-state index in [0.717, 1.165) is 12.1 Å². The number of ether oxygens (including phenoxy) is 1. The number of hydrogen-bond acceptors (Lipinski definition) is 3. The van der Waals surface area contributed by atoms with E-state index in [9.17, 15) is 18.0 Å². The van der Waals surface area contributed by atoms with Gasteiger partial charge in [-0.15, -0.1) is 13.2 Å². The summed E-state index contributed by atoms with van der Waals surface area (Å²) in [4.78, 5) is 15.4. The molecule has 0 unspecified atom stereocenters. The number of aromatic amines is 2. The average Bonchev–Trinajstić information content (AvgIpc) is 2.67. The molecule has 8 heteroatoms. The van der Waals surface area contributed by atoms with Crippen molar-refractivity contribution < 1.29 is 17.9 Å². The number of aromatic nitrogens is 2. The van der Waals surface area contributed by atoms with E-state index < -0.39 is 6.36 Å². The van der Waals surface area contributed by atoms with Crippen LogP contribution in [0.25, 0.3) is 0 Å². The third kappa shape index (κ3) is 3.50. The van der Waals surface area contributed by atoms with Gasteiger partial charge in [0.05, 0.1) is 11.3 Å². The Hall–Kier alpha value is -2.51. The lowest BCUT2D eigenvalue weighted by molar-refractivity contribution is -0.274. The van der Waals surface area contributed by atoms with Crippen LogP contribution in [0.4, 0.5) is 18.9 Å². The Bertz CT molecular complexity index is 668. The standard InChI is InChI=1S/C12H10F3N3O2/c1-7-10(11(19)18-17-7)6-16-8-2-4-9(5-3-8)20-12(13,14)15/h2-6H,1H3,(H2,17,18,19). The maximum atomic E-state index is 12.0. The molecule has 0 radical (unpaired) electrons. The zero-order chi connectivity index (χ0) is 14.8. The van der Waals surface area contributed by atoms with Gasteiger partial charge in [-0.2, -0.15) is 0 Å². The summed E-state index contributed by atoms with van der Waals surface area (Å²) in [5.74, 6) is -0.327. The largest absolute Gasteiger partial charge is 0.573 e. The van der Waals surface area contributed by atoms with Crippen molar-refractivity contribution in [3.63, 3.8) is 0 Å². The molecule has 0 aliphatic rings. The fourth-order valence-corrected chi connectivity index (χ4v) is 1.48. The van der Waals surface area contributed by atoms with Gasteiger partial charge in [-0.05, 0) is 31.2 Å². The Kier molecular flexibility index (Phi) is 3.64. The highest BCUT2D eigenvalue weighted by Crippen LogP contribution is 2.24. The number of alkyl halides is 3. The van der Waals surface area contributed by atoms with Gasteiger partial charge >= 0.3 is 6.36 Å². The average molecular weight is 285 g/mol. The lowest BCUT2D eigenvalue weighted by Gasteiger charge is -2.08. The zero-order valence-corrected chi connectivity index (χ0v) is 10.3. The first kappa shape index (κ1) is 13.9. The van der Waals surface area contributed by atoms with Crippen molar-refractivity contribution in [2.45, 2.75) is 13.3 Å². The number of halogens is 3. The van der Waals surface area contributed by atoms with Crippen molar-refractivity contribution in [3.8, 4) is 5.75 Å². The van der Waals surface area contributed by atoms with Crippen molar-refractivity contribution in [2.24, 2.45) is 4.99 Å². The first-order valence-electron chi connectivity index (χ1n) is 5.52. The number of aliphatic imine (C=N–C) groups is 1. The van der Waals surface area contributed by atoms with Gasteiger partial charge < -0.3 is 9.84 Å². The van der Waals surface area contributed by atoms with Crippen LogP contribution in [0.3, 0.4) is 0 Å². The smallest absolute Gasteiger partial charge is 0.406 e. The quantitative estimate of drug-likeness (QED) is 0.851. The Balaban J connectivity index is 2.13. The second kappa shape index (κ2) is 5.24. The summed E-state index contributed by atoms with van der Waals surface area (Å²) in [5, 5.41) is 5.03. The number of hydrogen-bond donors (Lipinski definition) is 2. The van der Waals surface area contributed by atoms with Crippen molar-refractivity contribution >= 4 is 11.9 Å². The second-order valence-electron chi connectivity index (χ2n) is 3.92. The molecule has 1 aromatic carbocycles. The Labute approximate surface area is 111 Å². The minimum Gasteiger partial charge on any atom is -0.406 e. The molecule has 106 valence electrons. The van der Waals surface area contributed by atoms with Crippen LogP contribution in [0.5, 0.6) is 5.75 Å². The maximum Gasteiger partial charge on any atom is 0.573 e. The summed E-state index contributed by atoms with van der Waals surface area (Å²) in [6.45, 7) is 1.69. The van der Waals surface area contributed by atoms with Crippen LogP contribution in [-0.4, -0.2) is 22.8 Å². The molecule has 0 saturated carbocycles. The molecule has 0 aliphatic carbocycles. The molecular weight excluding hydrogens is 275 g/mol. The predicted octanol–water partition coefficient (Wildman–Crippen LogP) is 2.66. The van der Waals surface area contributed by atoms with Gasteiger partial charge in [0, 0.05) is 11.9 Å². The minimum absolute atomic E-state index is 0.316. The molecule has 1 heterocycles. The van der Waals surface area contributed by atoms with Crippen LogP contribution in [0, 0.1) is 6.92 Å². The summed E-state index contributed by atoms with van der Waals surface area (Å²) in [5.41, 5.74) is 1.07. The van der Waals surface area contributed by atoms with Gasteiger partial charge in [0.1, 0.15) is 5.75 Å². The highest BCUT2D eigenvalue weighted by molar-refractivity contribution is 5.82. The van der Waals surface area contributed by atoms with Gasteiger partial charge in [0.15, 0.2) is 0 Å². The van der Waals surface area contributed by atoms with Gasteiger partial charge in [-0.3, -0.25) is 14.9 Å². The molecule has 0 aliphatic heterocycles. The number of benzene rings is 1. The molecule has 20 heavy (non-hydrogen) atoms. The summed E-state index contributed by atoms with van der Waals surface area (Å²) < 4.78 is 39.6. The monoisotopic (exact) mass is 285 g/mol. The number of nitrogens with one attached hydrogen (secondary N) is 2. The minimum atomic E-state index is -4.72. The number of nitrogens with zero attached hydrogens (tertiary/aromatic N) is 1. The number of aryl methyl sites for hydroxylation is 1. The van der Waals surface area contributed by atoms with Crippen molar-refractivity contribution in [1.82, 2.24) is 10.2 Å². The van der Waals surface area contributed by atoms with Gasteiger partial charge in [-0.25, -0.2) is 0 Å².